The molecule has 0 unspecified atom stereocenters. The quantitative estimate of drug-likeness (QED) is 0.596. The molecule has 0 bridgehead atoms. The minimum Gasteiger partial charge on any atom is -0.369 e. The van der Waals surface area contributed by atoms with Crippen LogP contribution in [0.5, 0.6) is 0 Å². The zero-order chi connectivity index (χ0) is 19.1. The molecule has 0 aliphatic rings. The Morgan fingerprint density at radius 1 is 1.07 bits per heavy atom. The Hall–Kier alpha value is -2.93. The summed E-state index contributed by atoms with van der Waals surface area (Å²) >= 11 is 0. The van der Waals surface area contributed by atoms with Crippen molar-refractivity contribution in [2.45, 2.75) is 40.5 Å². The van der Waals surface area contributed by atoms with Crippen LogP contribution in [0.1, 0.15) is 50.5 Å². The lowest BCUT2D eigenvalue weighted by Crippen LogP contribution is -2.15. The molecule has 0 amide bonds. The molecule has 2 aromatic heterocycles. The highest BCUT2D eigenvalue weighted by Crippen LogP contribution is 2.20. The molecule has 1 aromatic carbocycles. The monoisotopic (exact) mass is 398 g/mol. The van der Waals surface area contributed by atoms with E-state index in [1.807, 2.05) is 6.07 Å². The van der Waals surface area contributed by atoms with Crippen molar-refractivity contribution in [1.29, 1.82) is 0 Å². The zero-order valence-corrected chi connectivity index (χ0v) is 15.3. The molecule has 0 saturated carbocycles. The Bertz CT molecular complexity index is 855. The highest BCUT2D eigenvalue weighted by molar-refractivity contribution is 5.37. The summed E-state index contributed by atoms with van der Waals surface area (Å²) < 4.78 is 13.2. The lowest BCUT2D eigenvalue weighted by Gasteiger charge is -2.14. The van der Waals surface area contributed by atoms with E-state index in [9.17, 15) is 4.39 Å². The van der Waals surface area contributed by atoms with E-state index in [4.69, 9.17) is 10.7 Å². The molecule has 0 aliphatic carbocycles. The van der Waals surface area contributed by atoms with Gasteiger partial charge in [0.25, 0.3) is 0 Å². The van der Waals surface area contributed by atoms with Crippen LogP contribution in [-0.2, 0) is 12.8 Å². The number of hydrogen-bond acceptors (Lipinski definition) is 6. The molecule has 0 aliphatic heterocycles. The maximum atomic E-state index is 13.2. The topological polar surface area (TPSA) is 89.6 Å². The number of nitrogens with two attached hydrogens (primary N) is 1. The molecule has 0 spiro atoms. The van der Waals surface area contributed by atoms with Gasteiger partial charge in [0.05, 0.1) is 11.4 Å². The molecule has 0 fully saturated rings. The second-order valence-corrected chi connectivity index (χ2v) is 6.41. The van der Waals surface area contributed by atoms with E-state index in [0.29, 0.717) is 25.9 Å². The molecule has 7 heteroatoms. The first-order valence-electron chi connectivity index (χ1n) is 8.95. The summed E-state index contributed by atoms with van der Waals surface area (Å²) in [5.74, 6) is 1.41. The van der Waals surface area contributed by atoms with Gasteiger partial charge in [-0.3, -0.25) is 9.97 Å². The van der Waals surface area contributed by atoms with Crippen LogP contribution in [0.3, 0.4) is 0 Å². The molecule has 156 valence electrons. The third kappa shape index (κ3) is 7.19. The zero-order valence-electron chi connectivity index (χ0n) is 15.3. The van der Waals surface area contributed by atoms with Crippen LogP contribution in [0, 0.1) is 5.82 Å². The summed E-state index contributed by atoms with van der Waals surface area (Å²) in [6, 6.07) is 8.47. The first-order valence-corrected chi connectivity index (χ1v) is 8.95. The first-order chi connectivity index (χ1) is 13.1. The summed E-state index contributed by atoms with van der Waals surface area (Å²) in [5.41, 5.74) is 8.35. The van der Waals surface area contributed by atoms with Crippen molar-refractivity contribution in [1.82, 2.24) is 19.9 Å². The molecule has 1 atom stereocenters. The van der Waals surface area contributed by atoms with Crippen molar-refractivity contribution >= 4 is 5.82 Å². The number of halogens is 1. The average Bonchev–Trinajstić information content (AvgIpc) is 2.67. The van der Waals surface area contributed by atoms with Gasteiger partial charge in [0.15, 0.2) is 0 Å². The molecule has 3 rings (SSSR count). The molecule has 3 aromatic rings. The fourth-order valence-electron chi connectivity index (χ4n) is 2.81. The number of anilines is 1. The molecule has 3 N–H and O–H groups in total. The van der Waals surface area contributed by atoms with E-state index in [2.05, 4.69) is 27.2 Å². The maximum absolute atomic E-state index is 13.2. The highest BCUT2D eigenvalue weighted by Gasteiger charge is 2.12. The normalized spacial score (nSPS) is 11.1. The lowest BCUT2D eigenvalue weighted by molar-refractivity contribution is 0.624. The number of benzene rings is 1. The van der Waals surface area contributed by atoms with E-state index in [1.54, 1.807) is 30.7 Å². The molecular weight excluding hydrogens is 367 g/mol. The van der Waals surface area contributed by atoms with Crippen molar-refractivity contribution in [3.8, 4) is 0 Å². The molecule has 29 heavy (non-hydrogen) atoms. The molecule has 0 saturated heterocycles. The fourth-order valence-corrected chi connectivity index (χ4v) is 2.81. The number of rotatable bonds is 8. The van der Waals surface area contributed by atoms with E-state index in [-0.39, 0.29) is 26.6 Å². The summed E-state index contributed by atoms with van der Waals surface area (Å²) in [6.45, 7) is 3.23. The van der Waals surface area contributed by atoms with Gasteiger partial charge in [0, 0.05) is 50.6 Å². The highest BCUT2D eigenvalue weighted by atomic mass is 19.1. The van der Waals surface area contributed by atoms with Crippen molar-refractivity contribution in [2.24, 2.45) is 5.73 Å². The van der Waals surface area contributed by atoms with Crippen LogP contribution >= 0.6 is 0 Å². The minimum absolute atomic E-state index is 0. The number of nitrogens with zero attached hydrogens (tertiary/aromatic N) is 4. The van der Waals surface area contributed by atoms with Crippen LogP contribution in [0.15, 0.2) is 48.9 Å². The van der Waals surface area contributed by atoms with Crippen molar-refractivity contribution in [3.05, 3.63) is 77.5 Å². The third-order valence-corrected chi connectivity index (χ3v) is 4.18. The Labute approximate surface area is 172 Å². The van der Waals surface area contributed by atoms with E-state index in [0.717, 1.165) is 28.6 Å². The van der Waals surface area contributed by atoms with Crippen LogP contribution in [0.2, 0.25) is 0 Å². The largest absolute Gasteiger partial charge is 0.369 e. The minimum atomic E-state index is -0.235. The second kappa shape index (κ2) is 11.8. The van der Waals surface area contributed by atoms with Crippen LogP contribution < -0.4 is 11.1 Å². The van der Waals surface area contributed by atoms with Crippen molar-refractivity contribution < 1.29 is 4.39 Å². The first kappa shape index (κ1) is 24.1. The van der Waals surface area contributed by atoms with Gasteiger partial charge in [-0.15, -0.1) is 0 Å². The predicted molar refractivity (Wildman–Crippen MR) is 116 cm³/mol. The Morgan fingerprint density at radius 2 is 1.83 bits per heavy atom. The van der Waals surface area contributed by atoms with Crippen LogP contribution in [0.25, 0.3) is 0 Å². The van der Waals surface area contributed by atoms with Crippen molar-refractivity contribution in [2.75, 3.05) is 18.4 Å². The number of nitrogens with one attached hydrogen (secondary N) is 1. The van der Waals surface area contributed by atoms with Gasteiger partial charge in [-0.05, 0) is 23.6 Å². The van der Waals surface area contributed by atoms with Gasteiger partial charge >= 0.3 is 0 Å². The average molecular weight is 399 g/mol. The smallest absolute Gasteiger partial charge is 0.131 e. The summed E-state index contributed by atoms with van der Waals surface area (Å²) in [4.78, 5) is 17.7. The lowest BCUT2D eigenvalue weighted by atomic mass is 9.97. The summed E-state index contributed by atoms with van der Waals surface area (Å²) in [6.07, 6.45) is 6.27. The molecular formula is C22H31FN6. The molecule has 2 heterocycles. The van der Waals surface area contributed by atoms with Crippen molar-refractivity contribution in [3.63, 3.8) is 0 Å². The fraction of sp³-hybridized carbons (Fsp3) is 0.364. The second-order valence-electron chi connectivity index (χ2n) is 6.41. The molecule has 6 nitrogen and oxygen atoms in total. The number of aromatic nitrogens is 4. The summed E-state index contributed by atoms with van der Waals surface area (Å²) in [5, 5.41) is 3.22. The standard InChI is InChI=1S/C20H23FN6.2CH4/c1-14(15-2-4-16(21)5-3-15)10-20-26-17(11-18-13-23-8-9-24-18)12-19(27-20)25-7-6-22;;/h2-5,8-9,12-14H,6-7,10-11,22H2,1H3,(H,25,26,27);2*1H4/t14-;;/m1../s1. The Balaban J connectivity index is 0.00000210. The van der Waals surface area contributed by atoms with Gasteiger partial charge in [-0.2, -0.15) is 0 Å². The summed E-state index contributed by atoms with van der Waals surface area (Å²) in [7, 11) is 0. The molecule has 0 radical (unpaired) electrons. The van der Waals surface area contributed by atoms with Gasteiger partial charge in [-0.1, -0.05) is 33.9 Å². The van der Waals surface area contributed by atoms with Gasteiger partial charge < -0.3 is 11.1 Å². The van der Waals surface area contributed by atoms with E-state index in [1.165, 1.54) is 12.1 Å². The van der Waals surface area contributed by atoms with Gasteiger partial charge in [0.2, 0.25) is 0 Å². The Kier molecular flexibility index (Phi) is 9.82. The van der Waals surface area contributed by atoms with Gasteiger partial charge in [-0.25, -0.2) is 14.4 Å². The van der Waals surface area contributed by atoms with E-state index < -0.39 is 0 Å². The van der Waals surface area contributed by atoms with Crippen LogP contribution in [-0.4, -0.2) is 33.0 Å². The van der Waals surface area contributed by atoms with Crippen LogP contribution in [0.4, 0.5) is 10.2 Å². The number of hydrogen-bond donors (Lipinski definition) is 2. The van der Waals surface area contributed by atoms with Gasteiger partial charge in [0.1, 0.15) is 17.5 Å². The van der Waals surface area contributed by atoms with E-state index >= 15 is 0 Å². The maximum Gasteiger partial charge on any atom is 0.131 e. The SMILES string of the molecule is C.C.C[C@H](Cc1nc(Cc2cnccn2)cc(NCCN)n1)c1ccc(F)cc1. The predicted octanol–water partition coefficient (Wildman–Crippen LogP) is 3.99. The Morgan fingerprint density at radius 3 is 2.48 bits per heavy atom. The third-order valence-electron chi connectivity index (χ3n) is 4.18.